The molecule has 1 fully saturated rings. The summed E-state index contributed by atoms with van der Waals surface area (Å²) in [4.78, 5) is 2.47. The second-order valence-corrected chi connectivity index (χ2v) is 5.35. The Morgan fingerprint density at radius 2 is 2.25 bits per heavy atom. The van der Waals surface area contributed by atoms with E-state index in [1.165, 1.54) is 0 Å². The average molecular weight is 278 g/mol. The maximum absolute atomic E-state index is 5.84. The quantitative estimate of drug-likeness (QED) is 0.809. The molecule has 1 aliphatic rings. The lowest BCUT2D eigenvalue weighted by Crippen LogP contribution is -2.31. The molecule has 0 aromatic heterocycles. The van der Waals surface area contributed by atoms with Crippen molar-refractivity contribution in [2.75, 3.05) is 32.8 Å². The van der Waals surface area contributed by atoms with Crippen molar-refractivity contribution in [2.45, 2.75) is 32.4 Å². The maximum atomic E-state index is 5.84. The summed E-state index contributed by atoms with van der Waals surface area (Å²) in [6, 6.07) is 7.99. The van der Waals surface area contributed by atoms with Gasteiger partial charge in [0, 0.05) is 38.3 Å². The molecule has 1 saturated heterocycles. The smallest absolute Gasteiger partial charge is 0.123 e. The van der Waals surface area contributed by atoms with Gasteiger partial charge in [0.05, 0.1) is 12.7 Å². The van der Waals surface area contributed by atoms with E-state index in [0.717, 1.165) is 57.0 Å². The molecule has 4 nitrogen and oxygen atoms in total. The monoisotopic (exact) mass is 278 g/mol. The van der Waals surface area contributed by atoms with Gasteiger partial charge in [-0.1, -0.05) is 18.2 Å². The van der Waals surface area contributed by atoms with Crippen LogP contribution in [0, 0.1) is 0 Å². The van der Waals surface area contributed by atoms with Gasteiger partial charge >= 0.3 is 0 Å². The van der Waals surface area contributed by atoms with Gasteiger partial charge in [0.25, 0.3) is 0 Å². The Hall–Kier alpha value is -1.10. The van der Waals surface area contributed by atoms with E-state index < -0.39 is 0 Å². The molecule has 1 aromatic rings. The fourth-order valence-electron chi connectivity index (χ4n) is 2.57. The van der Waals surface area contributed by atoms with Gasteiger partial charge in [-0.2, -0.15) is 0 Å². The SMILES string of the molecule is CC1CN(CCCOc2ccccc2CN)CCCO1. The van der Waals surface area contributed by atoms with Crippen LogP contribution in [-0.4, -0.2) is 43.9 Å². The summed E-state index contributed by atoms with van der Waals surface area (Å²) in [6.45, 7) is 7.52. The zero-order valence-electron chi connectivity index (χ0n) is 12.4. The van der Waals surface area contributed by atoms with Crippen LogP contribution in [0.2, 0.25) is 0 Å². The molecule has 1 unspecified atom stereocenters. The number of nitrogens with two attached hydrogens (primary N) is 1. The lowest BCUT2D eigenvalue weighted by molar-refractivity contribution is 0.0670. The van der Waals surface area contributed by atoms with Gasteiger partial charge in [0.1, 0.15) is 5.75 Å². The van der Waals surface area contributed by atoms with Crippen molar-refractivity contribution in [3.05, 3.63) is 29.8 Å². The highest BCUT2D eigenvalue weighted by molar-refractivity contribution is 5.32. The summed E-state index contributed by atoms with van der Waals surface area (Å²) in [5, 5.41) is 0. The summed E-state index contributed by atoms with van der Waals surface area (Å²) in [5.74, 6) is 0.919. The first-order chi connectivity index (χ1) is 9.79. The van der Waals surface area contributed by atoms with Gasteiger partial charge in [-0.05, 0) is 25.8 Å². The third-order valence-electron chi connectivity index (χ3n) is 3.61. The van der Waals surface area contributed by atoms with Crippen molar-refractivity contribution in [3.63, 3.8) is 0 Å². The Morgan fingerprint density at radius 1 is 1.40 bits per heavy atom. The number of hydrogen-bond donors (Lipinski definition) is 1. The number of nitrogens with zero attached hydrogens (tertiary/aromatic N) is 1. The first-order valence-electron chi connectivity index (χ1n) is 7.54. The number of rotatable bonds is 6. The lowest BCUT2D eigenvalue weighted by Gasteiger charge is -2.21. The minimum Gasteiger partial charge on any atom is -0.493 e. The Balaban J connectivity index is 1.70. The predicted octanol–water partition coefficient (Wildman–Crippen LogP) is 2.02. The highest BCUT2D eigenvalue weighted by Crippen LogP contribution is 2.17. The highest BCUT2D eigenvalue weighted by atomic mass is 16.5. The highest BCUT2D eigenvalue weighted by Gasteiger charge is 2.14. The zero-order valence-corrected chi connectivity index (χ0v) is 12.4. The Kier molecular flexibility index (Phi) is 6.30. The van der Waals surface area contributed by atoms with Gasteiger partial charge in [0.15, 0.2) is 0 Å². The topological polar surface area (TPSA) is 47.7 Å². The van der Waals surface area contributed by atoms with Crippen LogP contribution >= 0.6 is 0 Å². The molecule has 1 aromatic carbocycles. The number of hydrogen-bond acceptors (Lipinski definition) is 4. The van der Waals surface area contributed by atoms with Crippen molar-refractivity contribution in [2.24, 2.45) is 5.73 Å². The van der Waals surface area contributed by atoms with Crippen molar-refractivity contribution in [1.82, 2.24) is 4.90 Å². The standard InChI is InChI=1S/C16H26N2O2/c1-14-13-18(8-4-10-19-14)9-5-11-20-16-7-3-2-6-15(16)12-17/h2-3,6-7,14H,4-5,8-13,17H2,1H3. The second-order valence-electron chi connectivity index (χ2n) is 5.35. The van der Waals surface area contributed by atoms with E-state index in [4.69, 9.17) is 15.2 Å². The van der Waals surface area contributed by atoms with Gasteiger partial charge in [-0.3, -0.25) is 0 Å². The van der Waals surface area contributed by atoms with Gasteiger partial charge in [0.2, 0.25) is 0 Å². The molecule has 0 spiro atoms. The van der Waals surface area contributed by atoms with Crippen LogP contribution in [0.15, 0.2) is 24.3 Å². The molecule has 2 rings (SSSR count). The average Bonchev–Trinajstić information content (AvgIpc) is 2.68. The molecular weight excluding hydrogens is 252 g/mol. The van der Waals surface area contributed by atoms with Gasteiger partial charge in [-0.25, -0.2) is 0 Å². The molecule has 1 heterocycles. The molecule has 1 aliphatic heterocycles. The van der Waals surface area contributed by atoms with Crippen LogP contribution in [-0.2, 0) is 11.3 Å². The minimum atomic E-state index is 0.344. The van der Waals surface area contributed by atoms with Crippen LogP contribution in [0.5, 0.6) is 5.75 Å². The molecule has 0 bridgehead atoms. The number of para-hydroxylation sites is 1. The van der Waals surface area contributed by atoms with Crippen molar-refractivity contribution in [1.29, 1.82) is 0 Å². The van der Waals surface area contributed by atoms with E-state index in [-0.39, 0.29) is 0 Å². The summed E-state index contributed by atoms with van der Waals surface area (Å²) in [7, 11) is 0. The van der Waals surface area contributed by atoms with Crippen molar-refractivity contribution in [3.8, 4) is 5.75 Å². The molecule has 1 atom stereocenters. The fraction of sp³-hybridized carbons (Fsp3) is 0.625. The number of ether oxygens (including phenoxy) is 2. The Labute approximate surface area is 121 Å². The summed E-state index contributed by atoms with van der Waals surface area (Å²) in [6.07, 6.45) is 2.50. The van der Waals surface area contributed by atoms with Crippen LogP contribution in [0.3, 0.4) is 0 Å². The molecule has 4 heteroatoms. The van der Waals surface area contributed by atoms with Crippen molar-refractivity contribution >= 4 is 0 Å². The zero-order chi connectivity index (χ0) is 14.2. The van der Waals surface area contributed by atoms with Crippen LogP contribution in [0.1, 0.15) is 25.3 Å². The minimum absolute atomic E-state index is 0.344. The first kappa shape index (κ1) is 15.3. The maximum Gasteiger partial charge on any atom is 0.123 e. The van der Waals surface area contributed by atoms with Crippen molar-refractivity contribution < 1.29 is 9.47 Å². The molecule has 112 valence electrons. The largest absolute Gasteiger partial charge is 0.493 e. The molecule has 20 heavy (non-hydrogen) atoms. The van der Waals surface area contributed by atoms with E-state index >= 15 is 0 Å². The lowest BCUT2D eigenvalue weighted by atomic mass is 10.2. The molecule has 2 N–H and O–H groups in total. The fourth-order valence-corrected chi connectivity index (χ4v) is 2.57. The van der Waals surface area contributed by atoms with Gasteiger partial charge in [-0.15, -0.1) is 0 Å². The molecule has 0 radical (unpaired) electrons. The number of benzene rings is 1. The van der Waals surface area contributed by atoms with E-state index in [1.807, 2.05) is 24.3 Å². The summed E-state index contributed by atoms with van der Waals surface area (Å²) >= 11 is 0. The second kappa shape index (κ2) is 8.25. The van der Waals surface area contributed by atoms with E-state index in [1.54, 1.807) is 0 Å². The Bertz CT molecular complexity index is 398. The third kappa shape index (κ3) is 4.78. The van der Waals surface area contributed by atoms with Gasteiger partial charge < -0.3 is 20.1 Å². The normalized spacial score (nSPS) is 20.6. The first-order valence-corrected chi connectivity index (χ1v) is 7.54. The van der Waals surface area contributed by atoms with E-state index in [0.29, 0.717) is 12.6 Å². The predicted molar refractivity (Wildman–Crippen MR) is 80.9 cm³/mol. The molecule has 0 amide bonds. The Morgan fingerprint density at radius 3 is 3.10 bits per heavy atom. The summed E-state index contributed by atoms with van der Waals surface area (Å²) < 4.78 is 11.5. The van der Waals surface area contributed by atoms with E-state index in [9.17, 15) is 0 Å². The van der Waals surface area contributed by atoms with Crippen LogP contribution in [0.25, 0.3) is 0 Å². The van der Waals surface area contributed by atoms with Crippen LogP contribution in [0.4, 0.5) is 0 Å². The molecule has 0 saturated carbocycles. The third-order valence-corrected chi connectivity index (χ3v) is 3.61. The molecular formula is C16H26N2O2. The summed E-state index contributed by atoms with van der Waals surface area (Å²) in [5.41, 5.74) is 6.78. The molecule has 0 aliphatic carbocycles. The van der Waals surface area contributed by atoms with Crippen LogP contribution < -0.4 is 10.5 Å². The van der Waals surface area contributed by atoms with E-state index in [2.05, 4.69) is 11.8 Å².